The number of halogens is 3. The van der Waals surface area contributed by atoms with Crippen LogP contribution in [0.4, 0.5) is 19.0 Å². The normalized spacial score (nSPS) is 20.6. The van der Waals surface area contributed by atoms with Gasteiger partial charge >= 0.3 is 6.18 Å². The lowest BCUT2D eigenvalue weighted by molar-refractivity contribution is -0.144. The van der Waals surface area contributed by atoms with Crippen molar-refractivity contribution in [2.75, 3.05) is 18.0 Å². The Hall–Kier alpha value is -1.53. The van der Waals surface area contributed by atoms with Crippen LogP contribution < -0.4 is 10.5 Å². The predicted molar refractivity (Wildman–Crippen MR) is 65.1 cm³/mol. The minimum absolute atomic E-state index is 0.206. The number of aryl methyl sites for hydroxylation is 1. The highest BCUT2D eigenvalue weighted by Gasteiger charge is 2.34. The van der Waals surface area contributed by atoms with Gasteiger partial charge in [-0.15, -0.1) is 0 Å². The number of piperidine rings is 1. The first-order valence-corrected chi connectivity index (χ1v) is 6.19. The van der Waals surface area contributed by atoms with E-state index < -0.39 is 18.5 Å². The molecule has 19 heavy (non-hydrogen) atoms. The van der Waals surface area contributed by atoms with Gasteiger partial charge in [0, 0.05) is 32.6 Å². The Bertz CT molecular complexity index is 498. The molecule has 0 aliphatic carbocycles. The molecule has 2 heterocycles. The molecule has 1 saturated heterocycles. The van der Waals surface area contributed by atoms with Crippen molar-refractivity contribution in [2.24, 2.45) is 13.0 Å². The molecule has 0 bridgehead atoms. The molecule has 2 rings (SSSR count). The van der Waals surface area contributed by atoms with Crippen LogP contribution in [0.5, 0.6) is 0 Å². The first kappa shape index (κ1) is 13.9. The van der Waals surface area contributed by atoms with Gasteiger partial charge in [-0.3, -0.25) is 4.79 Å². The summed E-state index contributed by atoms with van der Waals surface area (Å²) in [4.78, 5) is 17.4. The first-order valence-electron chi connectivity index (χ1n) is 6.19. The summed E-state index contributed by atoms with van der Waals surface area (Å²) in [6.07, 6.45) is -2.24. The standard InChI is InChI=1S/C12H16F3N3O/c1-17-8-16-10(5-11(17)19)18-4-2-3-9(7-18)6-12(13,14)15/h5,8-9H,2-4,6-7H2,1H3. The Labute approximate surface area is 108 Å². The maximum absolute atomic E-state index is 12.4. The lowest BCUT2D eigenvalue weighted by atomic mass is 9.94. The zero-order valence-electron chi connectivity index (χ0n) is 10.7. The van der Waals surface area contributed by atoms with E-state index in [0.29, 0.717) is 31.7 Å². The molecule has 1 unspecified atom stereocenters. The maximum atomic E-state index is 12.4. The summed E-state index contributed by atoms with van der Waals surface area (Å²) in [5.74, 6) is 0.0505. The van der Waals surface area contributed by atoms with Crippen molar-refractivity contribution in [2.45, 2.75) is 25.4 Å². The van der Waals surface area contributed by atoms with Gasteiger partial charge in [-0.2, -0.15) is 13.2 Å². The molecule has 0 N–H and O–H groups in total. The zero-order chi connectivity index (χ0) is 14.0. The van der Waals surface area contributed by atoms with E-state index in [-0.39, 0.29) is 5.56 Å². The van der Waals surface area contributed by atoms with Gasteiger partial charge in [0.25, 0.3) is 5.56 Å². The highest BCUT2D eigenvalue weighted by atomic mass is 19.4. The van der Waals surface area contributed by atoms with Crippen molar-refractivity contribution >= 4 is 5.82 Å². The molecule has 1 aliphatic heterocycles. The maximum Gasteiger partial charge on any atom is 0.389 e. The number of nitrogens with zero attached hydrogens (tertiary/aromatic N) is 3. The number of hydrogen-bond acceptors (Lipinski definition) is 3. The molecule has 0 radical (unpaired) electrons. The van der Waals surface area contributed by atoms with Crippen molar-refractivity contribution in [3.8, 4) is 0 Å². The molecule has 1 aromatic rings. The number of anilines is 1. The van der Waals surface area contributed by atoms with E-state index >= 15 is 0 Å². The molecular formula is C12H16F3N3O. The zero-order valence-corrected chi connectivity index (χ0v) is 10.7. The Balaban J connectivity index is 2.08. The summed E-state index contributed by atoms with van der Waals surface area (Å²) in [6, 6.07) is 1.37. The predicted octanol–water partition coefficient (Wildman–Crippen LogP) is 1.95. The highest BCUT2D eigenvalue weighted by molar-refractivity contribution is 5.37. The minimum Gasteiger partial charge on any atom is -0.356 e. The highest BCUT2D eigenvalue weighted by Crippen LogP contribution is 2.31. The van der Waals surface area contributed by atoms with Crippen LogP contribution in [0.2, 0.25) is 0 Å². The van der Waals surface area contributed by atoms with Gasteiger partial charge in [0.05, 0.1) is 6.33 Å². The van der Waals surface area contributed by atoms with Crippen LogP contribution in [0.25, 0.3) is 0 Å². The number of alkyl halides is 3. The molecule has 0 aromatic carbocycles. The smallest absolute Gasteiger partial charge is 0.356 e. The third-order valence-electron chi connectivity index (χ3n) is 3.33. The Morgan fingerprint density at radius 3 is 2.84 bits per heavy atom. The van der Waals surface area contributed by atoms with Crippen molar-refractivity contribution in [1.82, 2.24) is 9.55 Å². The Morgan fingerprint density at radius 1 is 1.47 bits per heavy atom. The van der Waals surface area contributed by atoms with E-state index in [1.807, 2.05) is 0 Å². The van der Waals surface area contributed by atoms with Crippen LogP contribution in [0, 0.1) is 5.92 Å². The fourth-order valence-corrected chi connectivity index (χ4v) is 2.39. The van der Waals surface area contributed by atoms with Crippen LogP contribution in [0.1, 0.15) is 19.3 Å². The molecule has 1 aliphatic rings. The van der Waals surface area contributed by atoms with E-state index in [0.717, 1.165) is 0 Å². The van der Waals surface area contributed by atoms with E-state index in [9.17, 15) is 18.0 Å². The van der Waals surface area contributed by atoms with E-state index in [2.05, 4.69) is 4.98 Å². The largest absolute Gasteiger partial charge is 0.389 e. The average molecular weight is 275 g/mol. The number of aromatic nitrogens is 2. The number of rotatable bonds is 2. The first-order chi connectivity index (χ1) is 8.85. The van der Waals surface area contributed by atoms with Gasteiger partial charge in [-0.1, -0.05) is 0 Å². The topological polar surface area (TPSA) is 38.1 Å². The third-order valence-corrected chi connectivity index (χ3v) is 3.33. The molecule has 0 spiro atoms. The quantitative estimate of drug-likeness (QED) is 0.828. The summed E-state index contributed by atoms with van der Waals surface area (Å²) >= 11 is 0. The van der Waals surface area contributed by atoms with E-state index in [4.69, 9.17) is 0 Å². The summed E-state index contributed by atoms with van der Waals surface area (Å²) < 4.78 is 38.5. The van der Waals surface area contributed by atoms with Crippen LogP contribution in [-0.2, 0) is 7.05 Å². The van der Waals surface area contributed by atoms with Crippen LogP contribution in [0.15, 0.2) is 17.2 Å². The molecule has 1 fully saturated rings. The Morgan fingerprint density at radius 2 is 2.21 bits per heavy atom. The van der Waals surface area contributed by atoms with E-state index in [1.165, 1.54) is 17.0 Å². The van der Waals surface area contributed by atoms with Crippen molar-refractivity contribution in [3.05, 3.63) is 22.7 Å². The van der Waals surface area contributed by atoms with Crippen molar-refractivity contribution in [3.63, 3.8) is 0 Å². The molecule has 0 amide bonds. The molecule has 1 aromatic heterocycles. The second-order valence-corrected chi connectivity index (χ2v) is 4.97. The summed E-state index contributed by atoms with van der Waals surface area (Å²) in [7, 11) is 1.59. The summed E-state index contributed by atoms with van der Waals surface area (Å²) in [6.45, 7) is 0.953. The molecule has 7 heteroatoms. The van der Waals surface area contributed by atoms with Gasteiger partial charge in [0.1, 0.15) is 5.82 Å². The SMILES string of the molecule is Cn1cnc(N2CCCC(CC(F)(F)F)C2)cc1=O. The molecule has 1 atom stereocenters. The minimum atomic E-state index is -4.13. The molecule has 0 saturated carbocycles. The molecule has 4 nitrogen and oxygen atoms in total. The lowest BCUT2D eigenvalue weighted by Gasteiger charge is -2.33. The van der Waals surface area contributed by atoms with Crippen LogP contribution >= 0.6 is 0 Å². The summed E-state index contributed by atoms with van der Waals surface area (Å²) in [5, 5.41) is 0. The monoisotopic (exact) mass is 275 g/mol. The summed E-state index contributed by atoms with van der Waals surface area (Å²) in [5.41, 5.74) is -0.206. The van der Waals surface area contributed by atoms with Crippen molar-refractivity contribution < 1.29 is 13.2 Å². The van der Waals surface area contributed by atoms with Gasteiger partial charge in [0.15, 0.2) is 0 Å². The second-order valence-electron chi connectivity index (χ2n) is 4.97. The molecular weight excluding hydrogens is 259 g/mol. The average Bonchev–Trinajstić information content (AvgIpc) is 2.31. The second kappa shape index (κ2) is 5.22. The van der Waals surface area contributed by atoms with Crippen LogP contribution in [-0.4, -0.2) is 28.8 Å². The fraction of sp³-hybridized carbons (Fsp3) is 0.667. The van der Waals surface area contributed by atoms with Crippen molar-refractivity contribution in [1.29, 1.82) is 0 Å². The van der Waals surface area contributed by atoms with E-state index in [1.54, 1.807) is 11.9 Å². The van der Waals surface area contributed by atoms with Gasteiger partial charge in [0.2, 0.25) is 0 Å². The van der Waals surface area contributed by atoms with Gasteiger partial charge < -0.3 is 9.47 Å². The fourth-order valence-electron chi connectivity index (χ4n) is 2.39. The number of hydrogen-bond donors (Lipinski definition) is 0. The molecule has 106 valence electrons. The van der Waals surface area contributed by atoms with Crippen LogP contribution in [0.3, 0.4) is 0 Å². The third kappa shape index (κ3) is 3.71. The Kier molecular flexibility index (Phi) is 3.82. The van der Waals surface area contributed by atoms with Gasteiger partial charge in [-0.25, -0.2) is 4.98 Å². The van der Waals surface area contributed by atoms with Gasteiger partial charge in [-0.05, 0) is 18.8 Å². The lowest BCUT2D eigenvalue weighted by Crippen LogP contribution is -2.38.